The summed E-state index contributed by atoms with van der Waals surface area (Å²) in [7, 11) is 0. The maximum Gasteiger partial charge on any atom is 0.260 e. The van der Waals surface area contributed by atoms with E-state index in [1.54, 1.807) is 24.3 Å². The molecule has 18 heavy (non-hydrogen) atoms. The number of ether oxygens (including phenoxy) is 2. The number of hydrogen-bond donors (Lipinski definition) is 1. The van der Waals surface area contributed by atoms with Crippen LogP contribution in [0, 0.1) is 5.82 Å². The fourth-order valence-corrected chi connectivity index (χ4v) is 1.32. The molecule has 94 valence electrons. The Hall–Kier alpha value is -2.37. The number of benzene rings is 1. The lowest BCUT2D eigenvalue weighted by Crippen LogP contribution is -1.99. The Morgan fingerprint density at radius 2 is 1.89 bits per heavy atom. The van der Waals surface area contributed by atoms with Crippen molar-refractivity contribution in [2.24, 2.45) is 0 Å². The summed E-state index contributed by atoms with van der Waals surface area (Å²) in [6.45, 7) is 2.47. The molecule has 0 atom stereocenters. The van der Waals surface area contributed by atoms with Gasteiger partial charge in [-0.3, -0.25) is 0 Å². The average Bonchev–Trinajstić information content (AvgIpc) is 2.37. The zero-order valence-electron chi connectivity index (χ0n) is 9.76. The average molecular weight is 249 g/mol. The molecule has 0 amide bonds. The minimum atomic E-state index is -0.668. The van der Waals surface area contributed by atoms with E-state index in [9.17, 15) is 4.39 Å². The standard InChI is InChI=1S/C12H12FN3O2/c1-2-17-8-3-5-9(6-4-8)18-11-10(13)7-15-12(14)16-11/h3-7H,2H2,1H3,(H2,14,15,16). The Labute approximate surface area is 103 Å². The molecule has 5 nitrogen and oxygen atoms in total. The molecule has 0 fully saturated rings. The lowest BCUT2D eigenvalue weighted by molar-refractivity contribution is 0.339. The van der Waals surface area contributed by atoms with E-state index < -0.39 is 5.82 Å². The van der Waals surface area contributed by atoms with Crippen LogP contribution in [-0.4, -0.2) is 16.6 Å². The first-order valence-corrected chi connectivity index (χ1v) is 5.37. The number of hydrogen-bond acceptors (Lipinski definition) is 5. The summed E-state index contributed by atoms with van der Waals surface area (Å²) in [6.07, 6.45) is 0.965. The van der Waals surface area contributed by atoms with Gasteiger partial charge in [-0.25, -0.2) is 4.98 Å². The van der Waals surface area contributed by atoms with Crippen molar-refractivity contribution < 1.29 is 13.9 Å². The second-order valence-electron chi connectivity index (χ2n) is 3.39. The van der Waals surface area contributed by atoms with E-state index >= 15 is 0 Å². The number of rotatable bonds is 4. The first kappa shape index (κ1) is 12.1. The predicted octanol–water partition coefficient (Wildman–Crippen LogP) is 2.39. The number of anilines is 1. The molecule has 2 N–H and O–H groups in total. The molecule has 1 aromatic heterocycles. The van der Waals surface area contributed by atoms with Gasteiger partial charge in [-0.15, -0.1) is 0 Å². The van der Waals surface area contributed by atoms with Crippen LogP contribution in [0.15, 0.2) is 30.5 Å². The molecule has 0 aliphatic heterocycles. The third-order valence-electron chi connectivity index (χ3n) is 2.08. The van der Waals surface area contributed by atoms with Crippen LogP contribution in [0.25, 0.3) is 0 Å². The molecule has 1 aromatic carbocycles. The second-order valence-corrected chi connectivity index (χ2v) is 3.39. The van der Waals surface area contributed by atoms with Gasteiger partial charge >= 0.3 is 0 Å². The van der Waals surface area contributed by atoms with Gasteiger partial charge in [0.1, 0.15) is 11.5 Å². The summed E-state index contributed by atoms with van der Waals surface area (Å²) in [5, 5.41) is 0. The molecule has 2 aromatic rings. The fourth-order valence-electron chi connectivity index (χ4n) is 1.32. The van der Waals surface area contributed by atoms with Crippen LogP contribution in [0.4, 0.5) is 10.3 Å². The zero-order valence-corrected chi connectivity index (χ0v) is 9.76. The summed E-state index contributed by atoms with van der Waals surface area (Å²) >= 11 is 0. The van der Waals surface area contributed by atoms with E-state index in [0.29, 0.717) is 18.1 Å². The van der Waals surface area contributed by atoms with Crippen LogP contribution < -0.4 is 15.2 Å². The van der Waals surface area contributed by atoms with Gasteiger partial charge in [0.25, 0.3) is 5.88 Å². The third-order valence-corrected chi connectivity index (χ3v) is 2.08. The van der Waals surface area contributed by atoms with Gasteiger partial charge < -0.3 is 15.2 Å². The van der Waals surface area contributed by atoms with E-state index in [1.165, 1.54) is 0 Å². The minimum absolute atomic E-state index is 0.0441. The number of nitrogen functional groups attached to an aromatic ring is 1. The molecule has 0 saturated carbocycles. The van der Waals surface area contributed by atoms with Crippen molar-refractivity contribution in [2.75, 3.05) is 12.3 Å². The smallest absolute Gasteiger partial charge is 0.260 e. The van der Waals surface area contributed by atoms with Gasteiger partial charge in [-0.2, -0.15) is 9.37 Å². The molecule has 0 unspecified atom stereocenters. The molecule has 0 spiro atoms. The Balaban J connectivity index is 2.15. The topological polar surface area (TPSA) is 70.3 Å². The van der Waals surface area contributed by atoms with E-state index in [-0.39, 0.29) is 11.8 Å². The summed E-state index contributed by atoms with van der Waals surface area (Å²) < 4.78 is 23.9. The molecular weight excluding hydrogens is 237 g/mol. The highest BCUT2D eigenvalue weighted by atomic mass is 19.1. The maximum atomic E-state index is 13.3. The van der Waals surface area contributed by atoms with Crippen molar-refractivity contribution in [3.8, 4) is 17.4 Å². The van der Waals surface area contributed by atoms with Crippen molar-refractivity contribution in [2.45, 2.75) is 6.92 Å². The van der Waals surface area contributed by atoms with Crippen LogP contribution in [0.3, 0.4) is 0 Å². The molecule has 6 heteroatoms. The van der Waals surface area contributed by atoms with Crippen LogP contribution in [0.2, 0.25) is 0 Å². The molecule has 0 bridgehead atoms. The van der Waals surface area contributed by atoms with Crippen LogP contribution in [0.5, 0.6) is 17.4 Å². The Kier molecular flexibility index (Phi) is 3.57. The normalized spacial score (nSPS) is 10.1. The third kappa shape index (κ3) is 2.85. The molecular formula is C12H12FN3O2. The maximum absolute atomic E-state index is 13.3. The zero-order chi connectivity index (χ0) is 13.0. The van der Waals surface area contributed by atoms with E-state index in [4.69, 9.17) is 15.2 Å². The minimum Gasteiger partial charge on any atom is -0.494 e. The van der Waals surface area contributed by atoms with Gasteiger partial charge in [-0.05, 0) is 31.2 Å². The first-order valence-electron chi connectivity index (χ1n) is 5.37. The van der Waals surface area contributed by atoms with E-state index in [0.717, 1.165) is 6.20 Å². The Morgan fingerprint density at radius 1 is 1.22 bits per heavy atom. The fraction of sp³-hybridized carbons (Fsp3) is 0.167. The Bertz CT molecular complexity index is 531. The SMILES string of the molecule is CCOc1ccc(Oc2nc(N)ncc2F)cc1. The monoisotopic (exact) mass is 249 g/mol. The number of nitrogens with zero attached hydrogens (tertiary/aromatic N) is 2. The highest BCUT2D eigenvalue weighted by molar-refractivity contribution is 5.34. The van der Waals surface area contributed by atoms with Gasteiger partial charge in [0.05, 0.1) is 12.8 Å². The van der Waals surface area contributed by atoms with Crippen molar-refractivity contribution >= 4 is 5.95 Å². The summed E-state index contributed by atoms with van der Waals surface area (Å²) in [6, 6.07) is 6.76. The van der Waals surface area contributed by atoms with Crippen molar-refractivity contribution in [1.29, 1.82) is 0 Å². The number of halogens is 1. The largest absolute Gasteiger partial charge is 0.494 e. The lowest BCUT2D eigenvalue weighted by Gasteiger charge is -2.07. The van der Waals surface area contributed by atoms with Crippen LogP contribution >= 0.6 is 0 Å². The first-order chi connectivity index (χ1) is 8.69. The van der Waals surface area contributed by atoms with E-state index in [2.05, 4.69) is 9.97 Å². The molecule has 0 aliphatic rings. The van der Waals surface area contributed by atoms with Gasteiger partial charge in [0, 0.05) is 0 Å². The number of nitrogens with two attached hydrogens (primary N) is 1. The molecule has 2 rings (SSSR count). The van der Waals surface area contributed by atoms with Gasteiger partial charge in [0.15, 0.2) is 0 Å². The summed E-state index contributed by atoms with van der Waals surface area (Å²) in [5.41, 5.74) is 5.36. The van der Waals surface area contributed by atoms with Gasteiger partial charge in [-0.1, -0.05) is 0 Å². The summed E-state index contributed by atoms with van der Waals surface area (Å²) in [4.78, 5) is 7.18. The van der Waals surface area contributed by atoms with E-state index in [1.807, 2.05) is 6.92 Å². The van der Waals surface area contributed by atoms with Gasteiger partial charge in [0.2, 0.25) is 11.8 Å². The van der Waals surface area contributed by atoms with Crippen molar-refractivity contribution in [3.63, 3.8) is 0 Å². The van der Waals surface area contributed by atoms with Crippen LogP contribution in [0.1, 0.15) is 6.92 Å². The second kappa shape index (κ2) is 5.31. The molecule has 0 saturated heterocycles. The molecule has 0 radical (unpaired) electrons. The molecule has 1 heterocycles. The van der Waals surface area contributed by atoms with Crippen molar-refractivity contribution in [1.82, 2.24) is 9.97 Å². The quantitative estimate of drug-likeness (QED) is 0.900. The highest BCUT2D eigenvalue weighted by Crippen LogP contribution is 2.24. The summed E-state index contributed by atoms with van der Waals surface area (Å²) in [5.74, 6) is 0.241. The molecule has 0 aliphatic carbocycles. The Morgan fingerprint density at radius 3 is 2.56 bits per heavy atom. The predicted molar refractivity (Wildman–Crippen MR) is 64.1 cm³/mol. The highest BCUT2D eigenvalue weighted by Gasteiger charge is 2.08. The van der Waals surface area contributed by atoms with Crippen LogP contribution in [-0.2, 0) is 0 Å². The van der Waals surface area contributed by atoms with Crippen molar-refractivity contribution in [3.05, 3.63) is 36.3 Å². The lowest BCUT2D eigenvalue weighted by atomic mass is 10.3. The number of aromatic nitrogens is 2.